The van der Waals surface area contributed by atoms with Gasteiger partial charge in [-0.25, -0.2) is 4.98 Å². The van der Waals surface area contributed by atoms with E-state index < -0.39 is 0 Å². The number of likely N-dealkylation sites (tertiary alicyclic amines) is 1. The second-order valence-corrected chi connectivity index (χ2v) is 9.45. The van der Waals surface area contributed by atoms with Crippen LogP contribution >= 0.6 is 22.9 Å². The Morgan fingerprint density at radius 1 is 1.13 bits per heavy atom. The Balaban J connectivity index is 1.31. The minimum atomic E-state index is 0.00133. The van der Waals surface area contributed by atoms with Crippen LogP contribution in [0.3, 0.4) is 0 Å². The van der Waals surface area contributed by atoms with Crippen LogP contribution in [0.15, 0.2) is 30.5 Å². The van der Waals surface area contributed by atoms with Gasteiger partial charge in [-0.05, 0) is 32.3 Å². The molecule has 0 aliphatic carbocycles. The molecule has 3 heterocycles. The molecule has 1 atom stereocenters. The number of thiazole rings is 1. The molecule has 2 fully saturated rings. The summed E-state index contributed by atoms with van der Waals surface area (Å²) < 4.78 is 0. The monoisotopic (exact) mass is 446 g/mol. The first-order valence-corrected chi connectivity index (χ1v) is 11.7. The highest BCUT2D eigenvalue weighted by Gasteiger charge is 2.28. The summed E-state index contributed by atoms with van der Waals surface area (Å²) in [6.45, 7) is 6.15. The molecule has 160 valence electrons. The van der Waals surface area contributed by atoms with Gasteiger partial charge in [0.1, 0.15) is 9.88 Å². The predicted octanol–water partition coefficient (Wildman–Crippen LogP) is 3.62. The standard InChI is InChI=1S/C22H27ClN4O2S/c1-16-6-4-5-9-27(16)20(28)15-25-10-12-26(13-11-25)22(29)19-14-24-21(30-19)17-7-2-3-8-18(17)23/h2-3,7-8,14,16H,4-6,9-13,15H2,1H3. The van der Waals surface area contributed by atoms with Crippen LogP contribution in [0.5, 0.6) is 0 Å². The highest BCUT2D eigenvalue weighted by Crippen LogP contribution is 2.31. The second kappa shape index (κ2) is 9.45. The van der Waals surface area contributed by atoms with Gasteiger partial charge < -0.3 is 9.80 Å². The molecule has 0 bridgehead atoms. The first-order chi connectivity index (χ1) is 14.5. The number of aromatic nitrogens is 1. The van der Waals surface area contributed by atoms with Crippen molar-refractivity contribution in [3.63, 3.8) is 0 Å². The summed E-state index contributed by atoms with van der Waals surface area (Å²) in [5, 5.41) is 1.39. The maximum Gasteiger partial charge on any atom is 0.265 e. The summed E-state index contributed by atoms with van der Waals surface area (Å²) >= 11 is 7.62. The van der Waals surface area contributed by atoms with Crippen molar-refractivity contribution in [1.82, 2.24) is 19.7 Å². The number of hydrogen-bond acceptors (Lipinski definition) is 5. The molecule has 4 rings (SSSR count). The molecule has 0 N–H and O–H groups in total. The number of hydrogen-bond donors (Lipinski definition) is 0. The highest BCUT2D eigenvalue weighted by molar-refractivity contribution is 7.17. The Kier molecular flexibility index (Phi) is 6.71. The van der Waals surface area contributed by atoms with E-state index in [1.165, 1.54) is 17.8 Å². The number of halogens is 1. The third kappa shape index (κ3) is 4.68. The van der Waals surface area contributed by atoms with E-state index in [1.807, 2.05) is 34.1 Å². The van der Waals surface area contributed by atoms with Crippen LogP contribution in [0.4, 0.5) is 0 Å². The summed E-state index contributed by atoms with van der Waals surface area (Å²) in [5.74, 6) is 0.218. The van der Waals surface area contributed by atoms with Crippen LogP contribution in [-0.4, -0.2) is 76.8 Å². The molecule has 30 heavy (non-hydrogen) atoms. The third-order valence-electron chi connectivity index (χ3n) is 5.96. The number of nitrogens with zero attached hydrogens (tertiary/aromatic N) is 4. The third-order valence-corrected chi connectivity index (χ3v) is 7.31. The van der Waals surface area contributed by atoms with Crippen molar-refractivity contribution in [2.24, 2.45) is 0 Å². The van der Waals surface area contributed by atoms with Crippen LogP contribution in [-0.2, 0) is 4.79 Å². The predicted molar refractivity (Wildman–Crippen MR) is 120 cm³/mol. The summed E-state index contributed by atoms with van der Waals surface area (Å²) in [6, 6.07) is 7.86. The Morgan fingerprint density at radius 2 is 1.90 bits per heavy atom. The van der Waals surface area contributed by atoms with Crippen molar-refractivity contribution in [2.45, 2.75) is 32.2 Å². The number of carbonyl (C=O) groups excluding carboxylic acids is 2. The highest BCUT2D eigenvalue weighted by atomic mass is 35.5. The molecule has 2 aliphatic heterocycles. The van der Waals surface area contributed by atoms with Crippen molar-refractivity contribution in [2.75, 3.05) is 39.3 Å². The molecule has 0 saturated carbocycles. The number of carbonyl (C=O) groups is 2. The fourth-order valence-corrected chi connectivity index (χ4v) is 5.35. The molecule has 1 aromatic carbocycles. The molecule has 0 spiro atoms. The lowest BCUT2D eigenvalue weighted by Gasteiger charge is -2.38. The number of benzene rings is 1. The summed E-state index contributed by atoms with van der Waals surface area (Å²) in [4.78, 5) is 36.6. The van der Waals surface area contributed by atoms with E-state index in [9.17, 15) is 9.59 Å². The SMILES string of the molecule is CC1CCCCN1C(=O)CN1CCN(C(=O)c2cnc(-c3ccccc3Cl)s2)CC1. The molecule has 0 radical (unpaired) electrons. The molecule has 1 aromatic heterocycles. The lowest BCUT2D eigenvalue weighted by Crippen LogP contribution is -2.53. The van der Waals surface area contributed by atoms with Crippen LogP contribution in [0, 0.1) is 0 Å². The summed E-state index contributed by atoms with van der Waals surface area (Å²) in [5.41, 5.74) is 0.846. The van der Waals surface area contributed by atoms with E-state index in [2.05, 4.69) is 16.8 Å². The molecular weight excluding hydrogens is 420 g/mol. The zero-order chi connectivity index (χ0) is 21.1. The summed E-state index contributed by atoms with van der Waals surface area (Å²) in [6.07, 6.45) is 5.04. The molecule has 2 saturated heterocycles. The lowest BCUT2D eigenvalue weighted by atomic mass is 10.0. The minimum absolute atomic E-state index is 0.00133. The molecule has 2 aromatic rings. The van der Waals surface area contributed by atoms with Gasteiger partial charge in [-0.3, -0.25) is 14.5 Å². The maximum absolute atomic E-state index is 12.9. The molecular formula is C22H27ClN4O2S. The number of amides is 2. The van der Waals surface area contributed by atoms with Crippen molar-refractivity contribution in [1.29, 1.82) is 0 Å². The first-order valence-electron chi connectivity index (χ1n) is 10.5. The second-order valence-electron chi connectivity index (χ2n) is 8.01. The largest absolute Gasteiger partial charge is 0.339 e. The average Bonchev–Trinajstić information content (AvgIpc) is 3.24. The summed E-state index contributed by atoms with van der Waals surface area (Å²) in [7, 11) is 0. The average molecular weight is 447 g/mol. The number of rotatable bonds is 4. The van der Waals surface area contributed by atoms with Gasteiger partial charge in [0.25, 0.3) is 5.91 Å². The molecule has 1 unspecified atom stereocenters. The van der Waals surface area contributed by atoms with Crippen molar-refractivity contribution < 1.29 is 9.59 Å². The lowest BCUT2D eigenvalue weighted by molar-refractivity contribution is -0.136. The zero-order valence-corrected chi connectivity index (χ0v) is 18.8. The van der Waals surface area contributed by atoms with Gasteiger partial charge in [0.05, 0.1) is 17.8 Å². The van der Waals surface area contributed by atoms with E-state index >= 15 is 0 Å². The number of piperazine rings is 1. The van der Waals surface area contributed by atoms with E-state index in [-0.39, 0.29) is 11.8 Å². The van der Waals surface area contributed by atoms with E-state index in [4.69, 9.17) is 11.6 Å². The minimum Gasteiger partial charge on any atom is -0.339 e. The molecule has 6 nitrogen and oxygen atoms in total. The zero-order valence-electron chi connectivity index (χ0n) is 17.2. The fourth-order valence-electron chi connectivity index (χ4n) is 4.15. The number of piperidine rings is 1. The molecule has 2 aliphatic rings. The van der Waals surface area contributed by atoms with Crippen LogP contribution in [0.2, 0.25) is 5.02 Å². The van der Waals surface area contributed by atoms with Crippen molar-refractivity contribution in [3.8, 4) is 10.6 Å². The topological polar surface area (TPSA) is 56.8 Å². The quantitative estimate of drug-likeness (QED) is 0.719. The van der Waals surface area contributed by atoms with E-state index in [0.717, 1.165) is 43.0 Å². The van der Waals surface area contributed by atoms with Crippen LogP contribution in [0.1, 0.15) is 35.9 Å². The molecule has 8 heteroatoms. The Morgan fingerprint density at radius 3 is 2.63 bits per heavy atom. The Labute approximate surface area is 186 Å². The van der Waals surface area contributed by atoms with E-state index in [1.54, 1.807) is 6.20 Å². The fraction of sp³-hybridized carbons (Fsp3) is 0.500. The van der Waals surface area contributed by atoms with Crippen molar-refractivity contribution in [3.05, 3.63) is 40.4 Å². The Bertz CT molecular complexity index is 910. The van der Waals surface area contributed by atoms with Gasteiger partial charge in [-0.1, -0.05) is 29.8 Å². The van der Waals surface area contributed by atoms with Gasteiger partial charge >= 0.3 is 0 Å². The van der Waals surface area contributed by atoms with Gasteiger partial charge in [0.15, 0.2) is 0 Å². The smallest absolute Gasteiger partial charge is 0.265 e. The first kappa shape index (κ1) is 21.3. The maximum atomic E-state index is 12.9. The Hall–Kier alpha value is -1.96. The van der Waals surface area contributed by atoms with Crippen molar-refractivity contribution >= 4 is 34.8 Å². The van der Waals surface area contributed by atoms with Gasteiger partial charge in [-0.15, -0.1) is 11.3 Å². The van der Waals surface area contributed by atoms with Crippen LogP contribution in [0.25, 0.3) is 10.6 Å². The van der Waals surface area contributed by atoms with E-state index in [0.29, 0.717) is 35.6 Å². The van der Waals surface area contributed by atoms with Crippen LogP contribution < -0.4 is 0 Å². The van der Waals surface area contributed by atoms with Gasteiger partial charge in [0, 0.05) is 44.3 Å². The normalized spacial score (nSPS) is 20.4. The van der Waals surface area contributed by atoms with Gasteiger partial charge in [-0.2, -0.15) is 0 Å². The van der Waals surface area contributed by atoms with Gasteiger partial charge in [0.2, 0.25) is 5.91 Å². The molecule has 2 amide bonds.